The van der Waals surface area contributed by atoms with Crippen LogP contribution in [0.4, 0.5) is 0 Å². The Labute approximate surface area is 148 Å². The van der Waals surface area contributed by atoms with Crippen molar-refractivity contribution in [2.75, 3.05) is 19.6 Å². The van der Waals surface area contributed by atoms with Crippen molar-refractivity contribution >= 4 is 11.8 Å². The molecule has 5 heteroatoms. The van der Waals surface area contributed by atoms with Gasteiger partial charge in [-0.15, -0.1) is 0 Å². The van der Waals surface area contributed by atoms with Gasteiger partial charge in [0.25, 0.3) is 0 Å². The molecule has 0 bridgehead atoms. The third-order valence-corrected chi connectivity index (χ3v) is 4.06. The minimum Gasteiger partial charge on any atom is -0.352 e. The van der Waals surface area contributed by atoms with Gasteiger partial charge in [0.1, 0.15) is 0 Å². The minimum absolute atomic E-state index is 0.0513. The molecule has 142 valence electrons. The van der Waals surface area contributed by atoms with E-state index < -0.39 is 0 Å². The van der Waals surface area contributed by atoms with Gasteiger partial charge in [-0.25, -0.2) is 0 Å². The van der Waals surface area contributed by atoms with Crippen LogP contribution in [-0.4, -0.2) is 48.4 Å². The fourth-order valence-electron chi connectivity index (χ4n) is 2.67. The van der Waals surface area contributed by atoms with E-state index in [-0.39, 0.29) is 17.9 Å². The van der Waals surface area contributed by atoms with Gasteiger partial charge in [0.15, 0.2) is 0 Å². The number of likely N-dealkylation sites (tertiary alicyclic amines) is 1. The summed E-state index contributed by atoms with van der Waals surface area (Å²) >= 11 is 0. The zero-order chi connectivity index (χ0) is 18.5. The van der Waals surface area contributed by atoms with Crippen molar-refractivity contribution in [3.8, 4) is 0 Å². The summed E-state index contributed by atoms with van der Waals surface area (Å²) in [6, 6.07) is 0.525. The highest BCUT2D eigenvalue weighted by molar-refractivity contribution is 5.78. The lowest BCUT2D eigenvalue weighted by Gasteiger charge is -2.32. The Bertz CT molecular complexity index is 349. The highest BCUT2D eigenvalue weighted by atomic mass is 16.2. The summed E-state index contributed by atoms with van der Waals surface area (Å²) in [6.07, 6.45) is 4.48. The molecule has 1 aliphatic rings. The number of carbonyl (C=O) groups excluding carboxylic acids is 2. The largest absolute Gasteiger partial charge is 0.352 e. The Morgan fingerprint density at radius 1 is 1.08 bits per heavy atom. The first-order valence-corrected chi connectivity index (χ1v) is 9.69. The van der Waals surface area contributed by atoms with Gasteiger partial charge in [-0.2, -0.15) is 0 Å². The Morgan fingerprint density at radius 3 is 2.17 bits per heavy atom. The number of hydrogen-bond acceptors (Lipinski definition) is 3. The fourth-order valence-corrected chi connectivity index (χ4v) is 2.67. The van der Waals surface area contributed by atoms with Gasteiger partial charge in [-0.1, -0.05) is 48.0 Å². The standard InChI is InChI=1S/C17H33N3O2.C2H6/c1-13(2)6-5-7-17(22)20-10-8-15(9-11-20)19-16(21)12-18-14(3)4;1-2/h13-15,18H,5-12H2,1-4H3,(H,19,21);1-2H3. The number of amides is 2. The lowest BCUT2D eigenvalue weighted by Crippen LogP contribution is -2.48. The second-order valence-corrected chi connectivity index (χ2v) is 7.04. The van der Waals surface area contributed by atoms with Gasteiger partial charge < -0.3 is 15.5 Å². The summed E-state index contributed by atoms with van der Waals surface area (Å²) in [4.78, 5) is 25.9. The summed E-state index contributed by atoms with van der Waals surface area (Å²) in [6.45, 7) is 14.3. The van der Waals surface area contributed by atoms with Gasteiger partial charge in [0.2, 0.25) is 11.8 Å². The zero-order valence-electron chi connectivity index (χ0n) is 16.7. The van der Waals surface area contributed by atoms with E-state index in [4.69, 9.17) is 0 Å². The van der Waals surface area contributed by atoms with Gasteiger partial charge in [-0.3, -0.25) is 9.59 Å². The molecule has 0 spiro atoms. The highest BCUT2D eigenvalue weighted by Gasteiger charge is 2.23. The molecule has 1 rings (SSSR count). The second kappa shape index (κ2) is 13.2. The average Bonchev–Trinajstić information content (AvgIpc) is 2.55. The van der Waals surface area contributed by atoms with E-state index in [0.717, 1.165) is 38.8 Å². The molecule has 2 amide bonds. The number of rotatable bonds is 8. The van der Waals surface area contributed by atoms with Crippen LogP contribution in [0, 0.1) is 5.92 Å². The Morgan fingerprint density at radius 2 is 1.67 bits per heavy atom. The lowest BCUT2D eigenvalue weighted by atomic mass is 10.0. The van der Waals surface area contributed by atoms with Gasteiger partial charge in [-0.05, 0) is 25.2 Å². The smallest absolute Gasteiger partial charge is 0.234 e. The summed E-state index contributed by atoms with van der Waals surface area (Å²) in [7, 11) is 0. The fraction of sp³-hybridized carbons (Fsp3) is 0.895. The molecule has 0 atom stereocenters. The maximum Gasteiger partial charge on any atom is 0.234 e. The van der Waals surface area contributed by atoms with Crippen molar-refractivity contribution < 1.29 is 9.59 Å². The molecule has 5 nitrogen and oxygen atoms in total. The first-order valence-electron chi connectivity index (χ1n) is 9.69. The van der Waals surface area contributed by atoms with Crippen LogP contribution in [0.2, 0.25) is 0 Å². The van der Waals surface area contributed by atoms with E-state index in [1.807, 2.05) is 32.6 Å². The van der Waals surface area contributed by atoms with Gasteiger partial charge in [0.05, 0.1) is 6.54 Å². The van der Waals surface area contributed by atoms with Crippen LogP contribution in [0.3, 0.4) is 0 Å². The molecule has 24 heavy (non-hydrogen) atoms. The number of carbonyl (C=O) groups is 2. The van der Waals surface area contributed by atoms with Crippen molar-refractivity contribution in [1.82, 2.24) is 15.5 Å². The van der Waals surface area contributed by atoms with Crippen molar-refractivity contribution in [3.05, 3.63) is 0 Å². The lowest BCUT2D eigenvalue weighted by molar-refractivity contribution is -0.132. The van der Waals surface area contributed by atoms with Crippen LogP contribution >= 0.6 is 0 Å². The molecule has 0 aromatic heterocycles. The molecule has 1 fully saturated rings. The van der Waals surface area contributed by atoms with Crippen molar-refractivity contribution in [2.45, 2.75) is 85.7 Å². The van der Waals surface area contributed by atoms with E-state index in [2.05, 4.69) is 24.5 Å². The number of nitrogens with one attached hydrogen (secondary N) is 2. The normalized spacial score (nSPS) is 15.2. The first-order chi connectivity index (χ1) is 11.4. The van der Waals surface area contributed by atoms with Crippen LogP contribution in [0.15, 0.2) is 0 Å². The van der Waals surface area contributed by atoms with Crippen LogP contribution < -0.4 is 10.6 Å². The average molecular weight is 342 g/mol. The van der Waals surface area contributed by atoms with Crippen LogP contribution in [0.1, 0.15) is 73.6 Å². The molecule has 1 saturated heterocycles. The summed E-state index contributed by atoms with van der Waals surface area (Å²) in [5.41, 5.74) is 0. The third kappa shape index (κ3) is 10.6. The number of nitrogens with zero attached hydrogens (tertiary/aromatic N) is 1. The molecule has 0 radical (unpaired) electrons. The number of piperidine rings is 1. The number of hydrogen-bond donors (Lipinski definition) is 2. The predicted molar refractivity (Wildman–Crippen MR) is 101 cm³/mol. The maximum atomic E-state index is 12.1. The molecule has 2 N–H and O–H groups in total. The maximum absolute atomic E-state index is 12.1. The van der Waals surface area contributed by atoms with Crippen LogP contribution in [0.5, 0.6) is 0 Å². The molecule has 0 saturated carbocycles. The predicted octanol–water partition coefficient (Wildman–Crippen LogP) is 2.94. The summed E-state index contributed by atoms with van der Waals surface area (Å²) in [5.74, 6) is 0.982. The topological polar surface area (TPSA) is 61.4 Å². The van der Waals surface area contributed by atoms with Crippen molar-refractivity contribution in [1.29, 1.82) is 0 Å². The van der Waals surface area contributed by atoms with Crippen LogP contribution in [-0.2, 0) is 9.59 Å². The molecule has 0 unspecified atom stereocenters. The Kier molecular flexibility index (Phi) is 12.6. The SMILES string of the molecule is CC.CC(C)CCCC(=O)N1CCC(NC(=O)CNC(C)C)CC1. The molecular weight excluding hydrogens is 302 g/mol. The molecule has 0 aliphatic carbocycles. The van der Waals surface area contributed by atoms with E-state index in [1.54, 1.807) is 0 Å². The monoisotopic (exact) mass is 341 g/mol. The first kappa shape index (κ1) is 22.9. The van der Waals surface area contributed by atoms with Crippen molar-refractivity contribution in [2.24, 2.45) is 5.92 Å². The molecule has 1 heterocycles. The van der Waals surface area contributed by atoms with Crippen molar-refractivity contribution in [3.63, 3.8) is 0 Å². The third-order valence-electron chi connectivity index (χ3n) is 4.06. The van der Waals surface area contributed by atoms with Gasteiger partial charge in [0, 0.05) is 31.6 Å². The highest BCUT2D eigenvalue weighted by Crippen LogP contribution is 2.14. The van der Waals surface area contributed by atoms with E-state index >= 15 is 0 Å². The summed E-state index contributed by atoms with van der Waals surface area (Å²) < 4.78 is 0. The summed E-state index contributed by atoms with van der Waals surface area (Å²) in [5, 5.41) is 6.17. The second-order valence-electron chi connectivity index (χ2n) is 7.04. The van der Waals surface area contributed by atoms with Gasteiger partial charge >= 0.3 is 0 Å². The molecule has 0 aromatic carbocycles. The molecule has 0 aromatic rings. The molecule has 1 aliphatic heterocycles. The Hall–Kier alpha value is -1.10. The van der Waals surface area contributed by atoms with E-state index in [9.17, 15) is 9.59 Å². The zero-order valence-corrected chi connectivity index (χ0v) is 16.7. The quantitative estimate of drug-likeness (QED) is 0.713. The van der Waals surface area contributed by atoms with E-state index in [1.165, 1.54) is 0 Å². The molecular formula is C19H39N3O2. The van der Waals surface area contributed by atoms with Crippen LogP contribution in [0.25, 0.3) is 0 Å². The van der Waals surface area contributed by atoms with E-state index in [0.29, 0.717) is 24.9 Å². The minimum atomic E-state index is 0.0513. The Balaban J connectivity index is 0.00000254.